The number of aromatic nitrogens is 2. The summed E-state index contributed by atoms with van der Waals surface area (Å²) < 4.78 is 11.1. The first-order valence-electron chi connectivity index (χ1n) is 8.50. The Balaban J connectivity index is 1.69. The van der Waals surface area contributed by atoms with Gasteiger partial charge in [0.1, 0.15) is 12.4 Å². The predicted octanol–water partition coefficient (Wildman–Crippen LogP) is 3.61. The molecule has 0 amide bonds. The lowest BCUT2D eigenvalue weighted by atomic mass is 10.00. The van der Waals surface area contributed by atoms with Crippen LogP contribution < -0.4 is 14.4 Å². The molecule has 1 saturated heterocycles. The van der Waals surface area contributed by atoms with E-state index in [0.717, 1.165) is 42.0 Å². The standard InChI is InChI=1S/C19H25N3O2/c1-14-7-9-22(10-8-14)19-20-15(2)11-18(21-19)24-13-16-5-4-6-17(12-16)23-3/h4-6,11-12,14H,7-10,13H2,1-3H3. The van der Waals surface area contributed by atoms with Crippen molar-refractivity contribution in [1.82, 2.24) is 9.97 Å². The van der Waals surface area contributed by atoms with E-state index in [9.17, 15) is 0 Å². The van der Waals surface area contributed by atoms with Gasteiger partial charge in [0.2, 0.25) is 11.8 Å². The molecule has 2 aromatic rings. The first-order valence-corrected chi connectivity index (χ1v) is 8.50. The molecule has 0 atom stereocenters. The van der Waals surface area contributed by atoms with Crippen LogP contribution >= 0.6 is 0 Å². The Morgan fingerprint density at radius 3 is 2.71 bits per heavy atom. The minimum Gasteiger partial charge on any atom is -0.497 e. The van der Waals surface area contributed by atoms with Gasteiger partial charge in [-0.25, -0.2) is 4.98 Å². The largest absolute Gasteiger partial charge is 0.497 e. The van der Waals surface area contributed by atoms with Crippen molar-refractivity contribution >= 4 is 5.95 Å². The van der Waals surface area contributed by atoms with Gasteiger partial charge in [0.25, 0.3) is 0 Å². The highest BCUT2D eigenvalue weighted by Gasteiger charge is 2.19. The van der Waals surface area contributed by atoms with Crippen LogP contribution in [0.1, 0.15) is 31.0 Å². The quantitative estimate of drug-likeness (QED) is 0.839. The van der Waals surface area contributed by atoms with Gasteiger partial charge in [0.05, 0.1) is 7.11 Å². The second-order valence-corrected chi connectivity index (χ2v) is 6.46. The molecule has 2 heterocycles. The van der Waals surface area contributed by atoms with Crippen LogP contribution in [0.3, 0.4) is 0 Å². The number of nitrogens with zero attached hydrogens (tertiary/aromatic N) is 3. The van der Waals surface area contributed by atoms with Crippen LogP contribution in [-0.4, -0.2) is 30.2 Å². The number of ether oxygens (including phenoxy) is 2. The van der Waals surface area contributed by atoms with Gasteiger partial charge in [-0.15, -0.1) is 0 Å². The summed E-state index contributed by atoms with van der Waals surface area (Å²) in [6.07, 6.45) is 2.38. The number of piperidine rings is 1. The topological polar surface area (TPSA) is 47.5 Å². The van der Waals surface area contributed by atoms with Crippen molar-refractivity contribution < 1.29 is 9.47 Å². The highest BCUT2D eigenvalue weighted by atomic mass is 16.5. The maximum absolute atomic E-state index is 5.89. The van der Waals surface area contributed by atoms with Crippen LogP contribution in [-0.2, 0) is 6.61 Å². The number of hydrogen-bond donors (Lipinski definition) is 0. The zero-order valence-corrected chi connectivity index (χ0v) is 14.7. The maximum Gasteiger partial charge on any atom is 0.228 e. The van der Waals surface area contributed by atoms with Crippen molar-refractivity contribution in [1.29, 1.82) is 0 Å². The lowest BCUT2D eigenvalue weighted by Gasteiger charge is -2.30. The Morgan fingerprint density at radius 1 is 1.17 bits per heavy atom. The molecule has 1 aromatic carbocycles. The molecule has 5 nitrogen and oxygen atoms in total. The third kappa shape index (κ3) is 4.16. The highest BCUT2D eigenvalue weighted by Crippen LogP contribution is 2.23. The van der Waals surface area contributed by atoms with Gasteiger partial charge < -0.3 is 14.4 Å². The lowest BCUT2D eigenvalue weighted by Crippen LogP contribution is -2.34. The summed E-state index contributed by atoms with van der Waals surface area (Å²) in [6, 6.07) is 9.76. The molecule has 0 bridgehead atoms. The molecule has 1 aliphatic heterocycles. The molecule has 128 valence electrons. The summed E-state index contributed by atoms with van der Waals surface area (Å²) in [5.74, 6) is 3.02. The molecule has 1 fully saturated rings. The molecule has 0 saturated carbocycles. The molecule has 24 heavy (non-hydrogen) atoms. The van der Waals surface area contributed by atoms with Crippen molar-refractivity contribution in [3.05, 3.63) is 41.6 Å². The van der Waals surface area contributed by atoms with E-state index in [0.29, 0.717) is 12.5 Å². The summed E-state index contributed by atoms with van der Waals surface area (Å²) in [7, 11) is 1.67. The second kappa shape index (κ2) is 7.51. The normalized spacial score (nSPS) is 15.4. The first-order chi connectivity index (χ1) is 11.6. The average molecular weight is 327 g/mol. The summed E-state index contributed by atoms with van der Waals surface area (Å²) >= 11 is 0. The van der Waals surface area contributed by atoms with Crippen LogP contribution in [0.5, 0.6) is 11.6 Å². The molecule has 3 rings (SSSR count). The Bertz CT molecular complexity index is 682. The predicted molar refractivity (Wildman–Crippen MR) is 94.7 cm³/mol. The molecular formula is C19H25N3O2. The maximum atomic E-state index is 5.89. The molecular weight excluding hydrogens is 302 g/mol. The first kappa shape index (κ1) is 16.6. The molecule has 0 aliphatic carbocycles. The SMILES string of the molecule is COc1cccc(COc2cc(C)nc(N3CCC(C)CC3)n2)c1. The number of hydrogen-bond acceptors (Lipinski definition) is 5. The third-order valence-electron chi connectivity index (χ3n) is 4.41. The van der Waals surface area contributed by atoms with Crippen LogP contribution in [0.25, 0.3) is 0 Å². The van der Waals surface area contributed by atoms with E-state index < -0.39 is 0 Å². The fourth-order valence-electron chi connectivity index (χ4n) is 2.87. The van der Waals surface area contributed by atoms with E-state index in [4.69, 9.17) is 9.47 Å². The summed E-state index contributed by atoms with van der Waals surface area (Å²) in [6.45, 7) is 6.78. The number of benzene rings is 1. The van der Waals surface area contributed by atoms with E-state index in [2.05, 4.69) is 21.8 Å². The number of methoxy groups -OCH3 is 1. The van der Waals surface area contributed by atoms with Gasteiger partial charge >= 0.3 is 0 Å². The lowest BCUT2D eigenvalue weighted by molar-refractivity contribution is 0.292. The third-order valence-corrected chi connectivity index (χ3v) is 4.41. The van der Waals surface area contributed by atoms with Crippen LogP contribution in [0.2, 0.25) is 0 Å². The van der Waals surface area contributed by atoms with Crippen LogP contribution in [0, 0.1) is 12.8 Å². The average Bonchev–Trinajstić information content (AvgIpc) is 2.60. The van der Waals surface area contributed by atoms with E-state index in [1.807, 2.05) is 37.3 Å². The molecule has 1 aromatic heterocycles. The molecule has 0 unspecified atom stereocenters. The highest BCUT2D eigenvalue weighted by molar-refractivity contribution is 5.35. The zero-order chi connectivity index (χ0) is 16.9. The summed E-state index contributed by atoms with van der Waals surface area (Å²) in [5.41, 5.74) is 1.98. The second-order valence-electron chi connectivity index (χ2n) is 6.46. The van der Waals surface area contributed by atoms with Gasteiger partial charge in [-0.2, -0.15) is 4.98 Å². The Kier molecular flexibility index (Phi) is 5.18. The van der Waals surface area contributed by atoms with E-state index in [-0.39, 0.29) is 0 Å². The molecule has 0 spiro atoms. The molecule has 0 radical (unpaired) electrons. The zero-order valence-electron chi connectivity index (χ0n) is 14.7. The van der Waals surface area contributed by atoms with Gasteiger partial charge in [-0.3, -0.25) is 0 Å². The van der Waals surface area contributed by atoms with Gasteiger partial charge in [-0.1, -0.05) is 19.1 Å². The smallest absolute Gasteiger partial charge is 0.228 e. The monoisotopic (exact) mass is 327 g/mol. The minimum absolute atomic E-state index is 0.462. The molecule has 1 aliphatic rings. The van der Waals surface area contributed by atoms with Crippen LogP contribution in [0.4, 0.5) is 5.95 Å². The Labute approximate surface area is 143 Å². The molecule has 5 heteroatoms. The van der Waals surface area contributed by atoms with Gasteiger partial charge in [-0.05, 0) is 43.4 Å². The number of rotatable bonds is 5. The van der Waals surface area contributed by atoms with Crippen molar-refractivity contribution in [3.63, 3.8) is 0 Å². The summed E-state index contributed by atoms with van der Waals surface area (Å²) in [4.78, 5) is 11.4. The molecule has 0 N–H and O–H groups in total. The van der Waals surface area contributed by atoms with E-state index in [1.165, 1.54) is 12.8 Å². The van der Waals surface area contributed by atoms with Crippen molar-refractivity contribution in [2.24, 2.45) is 5.92 Å². The summed E-state index contributed by atoms with van der Waals surface area (Å²) in [5, 5.41) is 0. The Morgan fingerprint density at radius 2 is 1.96 bits per heavy atom. The van der Waals surface area contributed by atoms with Crippen molar-refractivity contribution in [2.75, 3.05) is 25.1 Å². The van der Waals surface area contributed by atoms with Gasteiger partial charge in [0, 0.05) is 24.8 Å². The van der Waals surface area contributed by atoms with Gasteiger partial charge in [0.15, 0.2) is 0 Å². The van der Waals surface area contributed by atoms with E-state index in [1.54, 1.807) is 7.11 Å². The van der Waals surface area contributed by atoms with Crippen LogP contribution in [0.15, 0.2) is 30.3 Å². The minimum atomic E-state index is 0.462. The van der Waals surface area contributed by atoms with Crippen molar-refractivity contribution in [3.8, 4) is 11.6 Å². The fourth-order valence-corrected chi connectivity index (χ4v) is 2.87. The Hall–Kier alpha value is -2.30. The van der Waals surface area contributed by atoms with Crippen molar-refractivity contribution in [2.45, 2.75) is 33.3 Å². The van der Waals surface area contributed by atoms with E-state index >= 15 is 0 Å². The number of aryl methyl sites for hydroxylation is 1. The number of anilines is 1. The fraction of sp³-hybridized carbons (Fsp3) is 0.474.